The molecular formula is C15H20O3. The summed E-state index contributed by atoms with van der Waals surface area (Å²) in [7, 11) is 0. The van der Waals surface area contributed by atoms with Gasteiger partial charge in [-0.05, 0) is 26.8 Å². The Morgan fingerprint density at radius 2 is 1.72 bits per heavy atom. The Morgan fingerprint density at radius 1 is 1.11 bits per heavy atom. The summed E-state index contributed by atoms with van der Waals surface area (Å²) in [6.07, 6.45) is 2.06. The van der Waals surface area contributed by atoms with Crippen LogP contribution in [0.1, 0.15) is 26.3 Å². The van der Waals surface area contributed by atoms with E-state index in [0.29, 0.717) is 13.2 Å². The van der Waals surface area contributed by atoms with E-state index >= 15 is 0 Å². The van der Waals surface area contributed by atoms with Crippen LogP contribution in [0.25, 0.3) is 5.76 Å². The predicted octanol–water partition coefficient (Wildman–Crippen LogP) is 3.42. The van der Waals surface area contributed by atoms with Crippen LogP contribution in [-0.2, 0) is 14.2 Å². The van der Waals surface area contributed by atoms with Crippen molar-refractivity contribution in [2.24, 2.45) is 5.92 Å². The molecule has 3 nitrogen and oxygen atoms in total. The molecule has 1 aliphatic rings. The lowest BCUT2D eigenvalue weighted by molar-refractivity contribution is -0.361. The highest BCUT2D eigenvalue weighted by Crippen LogP contribution is 2.39. The third-order valence-electron chi connectivity index (χ3n) is 2.96. The smallest absolute Gasteiger partial charge is 0.333 e. The van der Waals surface area contributed by atoms with Crippen LogP contribution in [0.2, 0.25) is 0 Å². The first-order valence-electron chi connectivity index (χ1n) is 6.46. The van der Waals surface area contributed by atoms with Crippen LogP contribution >= 0.6 is 0 Å². The van der Waals surface area contributed by atoms with Gasteiger partial charge in [0, 0.05) is 5.56 Å². The molecule has 1 heterocycles. The monoisotopic (exact) mass is 248 g/mol. The molecule has 1 atom stereocenters. The molecule has 18 heavy (non-hydrogen) atoms. The van der Waals surface area contributed by atoms with Gasteiger partial charge in [-0.2, -0.15) is 0 Å². The van der Waals surface area contributed by atoms with E-state index in [1.165, 1.54) is 0 Å². The van der Waals surface area contributed by atoms with Gasteiger partial charge in [0.15, 0.2) is 0 Å². The van der Waals surface area contributed by atoms with Crippen molar-refractivity contribution in [3.8, 4) is 0 Å². The first-order valence-corrected chi connectivity index (χ1v) is 6.46. The highest BCUT2D eigenvalue weighted by molar-refractivity contribution is 5.61. The first kappa shape index (κ1) is 13.1. The third-order valence-corrected chi connectivity index (χ3v) is 2.96. The fraction of sp³-hybridized carbons (Fsp3) is 0.467. The van der Waals surface area contributed by atoms with E-state index < -0.39 is 5.97 Å². The molecule has 3 heteroatoms. The van der Waals surface area contributed by atoms with Crippen molar-refractivity contribution in [3.63, 3.8) is 0 Å². The Hall–Kier alpha value is -1.32. The predicted molar refractivity (Wildman–Crippen MR) is 70.7 cm³/mol. The molecule has 1 aromatic carbocycles. The summed E-state index contributed by atoms with van der Waals surface area (Å²) >= 11 is 0. The first-order chi connectivity index (χ1) is 8.72. The second-order valence-corrected chi connectivity index (χ2v) is 4.26. The third kappa shape index (κ3) is 2.42. The minimum atomic E-state index is -0.964. The summed E-state index contributed by atoms with van der Waals surface area (Å²) in [5.74, 6) is -0.0769. The van der Waals surface area contributed by atoms with Crippen molar-refractivity contribution in [1.29, 1.82) is 0 Å². The Bertz CT molecular complexity index is 405. The van der Waals surface area contributed by atoms with Gasteiger partial charge in [0.25, 0.3) is 0 Å². The normalized spacial score (nSPS) is 21.5. The minimum absolute atomic E-state index is 0.0626. The van der Waals surface area contributed by atoms with Gasteiger partial charge in [-0.1, -0.05) is 30.3 Å². The van der Waals surface area contributed by atoms with Crippen LogP contribution in [0, 0.1) is 5.92 Å². The fourth-order valence-corrected chi connectivity index (χ4v) is 2.13. The standard InChI is InChI=1S/C15H20O3/c1-4-16-15(17-5-2)12(3)11-14(18-15)13-9-7-6-8-10-13/h6-12H,4-5H2,1-3H3. The van der Waals surface area contributed by atoms with Crippen LogP contribution in [0.4, 0.5) is 0 Å². The molecule has 0 saturated carbocycles. The number of hydrogen-bond acceptors (Lipinski definition) is 3. The Balaban J connectivity index is 2.21. The SMILES string of the molecule is CCOC1(OCC)OC(c2ccccc2)=CC1C. The van der Waals surface area contributed by atoms with Gasteiger partial charge >= 0.3 is 5.97 Å². The van der Waals surface area contributed by atoms with E-state index in [1.54, 1.807) is 0 Å². The highest BCUT2D eigenvalue weighted by Gasteiger charge is 2.45. The van der Waals surface area contributed by atoms with Crippen LogP contribution < -0.4 is 0 Å². The molecule has 2 rings (SSSR count). The van der Waals surface area contributed by atoms with Gasteiger partial charge in [0.05, 0.1) is 19.1 Å². The van der Waals surface area contributed by atoms with Crippen molar-refractivity contribution in [1.82, 2.24) is 0 Å². The molecule has 1 aromatic rings. The van der Waals surface area contributed by atoms with Crippen LogP contribution in [0.3, 0.4) is 0 Å². The zero-order valence-electron chi connectivity index (χ0n) is 11.2. The van der Waals surface area contributed by atoms with Gasteiger partial charge in [-0.3, -0.25) is 0 Å². The van der Waals surface area contributed by atoms with Crippen LogP contribution in [0.15, 0.2) is 36.4 Å². The maximum absolute atomic E-state index is 5.94. The highest BCUT2D eigenvalue weighted by atomic mass is 16.9. The average molecular weight is 248 g/mol. The average Bonchev–Trinajstić information content (AvgIpc) is 2.69. The summed E-state index contributed by atoms with van der Waals surface area (Å²) in [5, 5.41) is 0. The topological polar surface area (TPSA) is 27.7 Å². The lowest BCUT2D eigenvalue weighted by atomic mass is 10.1. The molecule has 0 N–H and O–H groups in total. The van der Waals surface area contributed by atoms with Crippen LogP contribution in [0.5, 0.6) is 0 Å². The van der Waals surface area contributed by atoms with Gasteiger partial charge in [0.2, 0.25) is 0 Å². The van der Waals surface area contributed by atoms with Crippen molar-refractivity contribution in [2.75, 3.05) is 13.2 Å². The van der Waals surface area contributed by atoms with Crippen molar-refractivity contribution in [3.05, 3.63) is 42.0 Å². The molecule has 1 aliphatic heterocycles. The molecule has 1 unspecified atom stereocenters. The van der Waals surface area contributed by atoms with Crippen molar-refractivity contribution < 1.29 is 14.2 Å². The van der Waals surface area contributed by atoms with Crippen LogP contribution in [-0.4, -0.2) is 19.2 Å². The van der Waals surface area contributed by atoms with E-state index in [4.69, 9.17) is 14.2 Å². The molecule has 0 bridgehead atoms. The summed E-state index contributed by atoms with van der Waals surface area (Å²) in [6.45, 7) is 7.04. The molecule has 0 saturated heterocycles. The number of benzene rings is 1. The van der Waals surface area contributed by atoms with E-state index in [9.17, 15) is 0 Å². The van der Waals surface area contributed by atoms with Gasteiger partial charge in [0.1, 0.15) is 5.76 Å². The van der Waals surface area contributed by atoms with Gasteiger partial charge in [-0.25, -0.2) is 0 Å². The summed E-state index contributed by atoms with van der Waals surface area (Å²) < 4.78 is 17.3. The van der Waals surface area contributed by atoms with E-state index in [1.807, 2.05) is 51.1 Å². The zero-order chi connectivity index (χ0) is 13.0. The molecule has 0 aromatic heterocycles. The maximum atomic E-state index is 5.94. The maximum Gasteiger partial charge on any atom is 0.333 e. The van der Waals surface area contributed by atoms with Crippen molar-refractivity contribution in [2.45, 2.75) is 26.7 Å². The summed E-state index contributed by atoms with van der Waals surface area (Å²) in [4.78, 5) is 0. The molecule has 0 aliphatic carbocycles. The molecular weight excluding hydrogens is 228 g/mol. The van der Waals surface area contributed by atoms with E-state index in [-0.39, 0.29) is 5.92 Å². The molecule has 0 amide bonds. The molecule has 0 spiro atoms. The lowest BCUT2D eigenvalue weighted by Gasteiger charge is -2.32. The summed E-state index contributed by atoms with van der Waals surface area (Å²) in [6, 6.07) is 10.0. The largest absolute Gasteiger partial charge is 0.438 e. The summed E-state index contributed by atoms with van der Waals surface area (Å²) in [5.41, 5.74) is 1.05. The lowest BCUT2D eigenvalue weighted by Crippen LogP contribution is -2.41. The molecule has 0 fully saturated rings. The Labute approximate surface area is 108 Å². The van der Waals surface area contributed by atoms with E-state index in [2.05, 4.69) is 6.08 Å². The van der Waals surface area contributed by atoms with Gasteiger partial charge < -0.3 is 14.2 Å². The van der Waals surface area contributed by atoms with E-state index in [0.717, 1.165) is 11.3 Å². The molecule has 98 valence electrons. The van der Waals surface area contributed by atoms with Crippen molar-refractivity contribution >= 4 is 5.76 Å². The minimum Gasteiger partial charge on any atom is -0.438 e. The number of hydrogen-bond donors (Lipinski definition) is 0. The number of ether oxygens (including phenoxy) is 3. The second-order valence-electron chi connectivity index (χ2n) is 4.26. The quantitative estimate of drug-likeness (QED) is 0.747. The molecule has 0 radical (unpaired) electrons. The fourth-order valence-electron chi connectivity index (χ4n) is 2.13. The zero-order valence-corrected chi connectivity index (χ0v) is 11.2. The second kappa shape index (κ2) is 5.55. The Kier molecular flexibility index (Phi) is 4.04. The van der Waals surface area contributed by atoms with Gasteiger partial charge in [-0.15, -0.1) is 0 Å². The Morgan fingerprint density at radius 3 is 2.28 bits per heavy atom. The number of rotatable bonds is 5.